The second-order valence-electron chi connectivity index (χ2n) is 5.03. The highest BCUT2D eigenvalue weighted by Crippen LogP contribution is 2.18. The SMILES string of the molecule is CCOC(=O)N1CCN(C2CS(=O)(=O)CC2N)CC1. The normalized spacial score (nSPS) is 31.4. The second kappa shape index (κ2) is 5.64. The number of carbonyl (C=O) groups excluding carboxylic acids is 1. The summed E-state index contributed by atoms with van der Waals surface area (Å²) in [6.07, 6.45) is -0.300. The third kappa shape index (κ3) is 3.37. The van der Waals surface area contributed by atoms with Gasteiger partial charge in [-0.2, -0.15) is 0 Å². The van der Waals surface area contributed by atoms with E-state index in [0.717, 1.165) is 0 Å². The van der Waals surface area contributed by atoms with Crippen LogP contribution in [0.2, 0.25) is 0 Å². The number of carbonyl (C=O) groups is 1. The molecule has 0 bridgehead atoms. The summed E-state index contributed by atoms with van der Waals surface area (Å²) < 4.78 is 28.1. The Labute approximate surface area is 113 Å². The Morgan fingerprint density at radius 2 is 1.89 bits per heavy atom. The third-order valence-corrected chi connectivity index (χ3v) is 5.42. The Hall–Kier alpha value is -0.860. The van der Waals surface area contributed by atoms with E-state index in [1.165, 1.54) is 0 Å². The molecule has 0 aromatic rings. The Bertz CT molecular complexity index is 431. The van der Waals surface area contributed by atoms with Crippen LogP contribution in [0.15, 0.2) is 0 Å². The van der Waals surface area contributed by atoms with E-state index >= 15 is 0 Å². The van der Waals surface area contributed by atoms with Crippen LogP contribution >= 0.6 is 0 Å². The van der Waals surface area contributed by atoms with Crippen molar-refractivity contribution in [3.05, 3.63) is 0 Å². The molecule has 0 aromatic carbocycles. The molecule has 2 aliphatic rings. The van der Waals surface area contributed by atoms with Crippen molar-refractivity contribution in [2.45, 2.75) is 19.0 Å². The van der Waals surface area contributed by atoms with Crippen molar-refractivity contribution in [3.8, 4) is 0 Å². The van der Waals surface area contributed by atoms with Crippen molar-refractivity contribution in [2.75, 3.05) is 44.3 Å². The van der Waals surface area contributed by atoms with Crippen LogP contribution < -0.4 is 5.73 Å². The molecule has 0 radical (unpaired) electrons. The summed E-state index contributed by atoms with van der Waals surface area (Å²) in [5.74, 6) is 0.198. The maximum absolute atomic E-state index is 11.6. The van der Waals surface area contributed by atoms with E-state index in [1.54, 1.807) is 11.8 Å². The Morgan fingerprint density at radius 3 is 2.37 bits per heavy atom. The number of hydrogen-bond donors (Lipinski definition) is 1. The summed E-state index contributed by atoms with van der Waals surface area (Å²) in [7, 11) is -3.00. The molecule has 2 heterocycles. The van der Waals surface area contributed by atoms with E-state index in [4.69, 9.17) is 10.5 Å². The monoisotopic (exact) mass is 291 g/mol. The van der Waals surface area contributed by atoms with Gasteiger partial charge in [-0.15, -0.1) is 0 Å². The van der Waals surface area contributed by atoms with E-state index in [1.807, 2.05) is 0 Å². The second-order valence-corrected chi connectivity index (χ2v) is 7.18. The minimum absolute atomic E-state index is 0.0652. The van der Waals surface area contributed by atoms with Gasteiger partial charge in [-0.1, -0.05) is 0 Å². The summed E-state index contributed by atoms with van der Waals surface area (Å²) in [4.78, 5) is 15.3. The predicted molar refractivity (Wildman–Crippen MR) is 70.6 cm³/mol. The molecule has 0 aromatic heterocycles. The first-order valence-corrected chi connectivity index (χ1v) is 8.37. The predicted octanol–water partition coefficient (Wildman–Crippen LogP) is -1.12. The van der Waals surface area contributed by atoms with E-state index in [2.05, 4.69) is 4.90 Å². The molecule has 7 nitrogen and oxygen atoms in total. The molecular weight excluding hydrogens is 270 g/mol. The molecular formula is C11H21N3O4S. The van der Waals surface area contributed by atoms with Crippen molar-refractivity contribution >= 4 is 15.9 Å². The van der Waals surface area contributed by atoms with E-state index in [-0.39, 0.29) is 29.7 Å². The lowest BCUT2D eigenvalue weighted by Gasteiger charge is -2.38. The van der Waals surface area contributed by atoms with Crippen LogP contribution in [0.4, 0.5) is 4.79 Å². The smallest absolute Gasteiger partial charge is 0.409 e. The topological polar surface area (TPSA) is 92.9 Å². The highest BCUT2D eigenvalue weighted by molar-refractivity contribution is 7.91. The first-order chi connectivity index (χ1) is 8.93. The summed E-state index contributed by atoms with van der Waals surface area (Å²) in [6, 6.07) is -0.437. The fourth-order valence-electron chi connectivity index (χ4n) is 2.68. The van der Waals surface area contributed by atoms with Gasteiger partial charge in [0.25, 0.3) is 0 Å². The maximum atomic E-state index is 11.6. The summed E-state index contributed by atoms with van der Waals surface area (Å²) in [6.45, 7) is 4.55. The van der Waals surface area contributed by atoms with Crippen molar-refractivity contribution in [1.82, 2.24) is 9.80 Å². The molecule has 2 aliphatic heterocycles. The van der Waals surface area contributed by atoms with Gasteiger partial charge in [0.1, 0.15) is 0 Å². The zero-order valence-electron chi connectivity index (χ0n) is 11.1. The van der Waals surface area contributed by atoms with Gasteiger partial charge in [0.15, 0.2) is 9.84 Å². The highest BCUT2D eigenvalue weighted by atomic mass is 32.2. The van der Waals surface area contributed by atoms with E-state index in [9.17, 15) is 13.2 Å². The zero-order chi connectivity index (χ0) is 14.0. The van der Waals surface area contributed by atoms with Gasteiger partial charge < -0.3 is 15.4 Å². The first-order valence-electron chi connectivity index (χ1n) is 6.54. The van der Waals surface area contributed by atoms with Gasteiger partial charge in [-0.3, -0.25) is 4.90 Å². The standard InChI is InChI=1S/C11H21N3O4S/c1-2-18-11(15)14-5-3-13(4-6-14)10-8-19(16,17)7-9(10)12/h9-10H,2-8,12H2,1H3. The number of ether oxygens (including phenoxy) is 1. The van der Waals surface area contributed by atoms with Crippen LogP contribution in [0.1, 0.15) is 6.92 Å². The molecule has 2 rings (SSSR count). The quantitative estimate of drug-likeness (QED) is 0.693. The molecule has 1 amide bonds. The molecule has 0 aliphatic carbocycles. The molecule has 8 heteroatoms. The molecule has 0 spiro atoms. The van der Waals surface area contributed by atoms with Gasteiger partial charge in [0, 0.05) is 38.3 Å². The van der Waals surface area contributed by atoms with Crippen LogP contribution in [-0.2, 0) is 14.6 Å². The van der Waals surface area contributed by atoms with E-state index in [0.29, 0.717) is 32.8 Å². The number of nitrogens with zero attached hydrogens (tertiary/aromatic N) is 2. The largest absolute Gasteiger partial charge is 0.450 e. The van der Waals surface area contributed by atoms with Crippen LogP contribution in [-0.4, -0.2) is 80.7 Å². The lowest BCUT2D eigenvalue weighted by Crippen LogP contribution is -2.56. The number of hydrogen-bond acceptors (Lipinski definition) is 6. The van der Waals surface area contributed by atoms with Gasteiger partial charge in [0.2, 0.25) is 0 Å². The summed E-state index contributed by atoms with van der Waals surface area (Å²) >= 11 is 0. The summed E-state index contributed by atoms with van der Waals surface area (Å²) in [5, 5.41) is 0. The molecule has 2 fully saturated rings. The van der Waals surface area contributed by atoms with Gasteiger partial charge in [0.05, 0.1) is 18.1 Å². The number of rotatable bonds is 2. The lowest BCUT2D eigenvalue weighted by molar-refractivity contribution is 0.0674. The van der Waals surface area contributed by atoms with Crippen molar-refractivity contribution in [2.24, 2.45) is 5.73 Å². The van der Waals surface area contributed by atoms with Crippen molar-refractivity contribution in [3.63, 3.8) is 0 Å². The number of nitrogens with two attached hydrogens (primary N) is 1. The molecule has 2 N–H and O–H groups in total. The molecule has 2 atom stereocenters. The van der Waals surface area contributed by atoms with Crippen LogP contribution in [0.3, 0.4) is 0 Å². The van der Waals surface area contributed by atoms with E-state index < -0.39 is 9.84 Å². The highest BCUT2D eigenvalue weighted by Gasteiger charge is 2.40. The molecule has 2 saturated heterocycles. The van der Waals surface area contributed by atoms with Crippen LogP contribution in [0, 0.1) is 0 Å². The first kappa shape index (κ1) is 14.5. The Balaban J connectivity index is 1.88. The third-order valence-electron chi connectivity index (χ3n) is 3.67. The molecule has 0 saturated carbocycles. The van der Waals surface area contributed by atoms with Crippen molar-refractivity contribution in [1.29, 1.82) is 0 Å². The average molecular weight is 291 g/mol. The van der Waals surface area contributed by atoms with Crippen molar-refractivity contribution < 1.29 is 17.9 Å². The number of sulfone groups is 1. The fraction of sp³-hybridized carbons (Fsp3) is 0.909. The molecule has 19 heavy (non-hydrogen) atoms. The minimum Gasteiger partial charge on any atom is -0.450 e. The molecule has 2 unspecified atom stereocenters. The summed E-state index contributed by atoms with van der Waals surface area (Å²) in [5.41, 5.74) is 5.90. The fourth-order valence-corrected chi connectivity index (χ4v) is 4.61. The maximum Gasteiger partial charge on any atom is 0.409 e. The Kier molecular flexibility index (Phi) is 4.32. The van der Waals surface area contributed by atoms with Crippen LogP contribution in [0.25, 0.3) is 0 Å². The Morgan fingerprint density at radius 1 is 1.26 bits per heavy atom. The number of amides is 1. The lowest BCUT2D eigenvalue weighted by atomic mass is 10.1. The number of piperazine rings is 1. The van der Waals surface area contributed by atoms with Gasteiger partial charge in [-0.25, -0.2) is 13.2 Å². The van der Waals surface area contributed by atoms with Gasteiger partial charge >= 0.3 is 6.09 Å². The van der Waals surface area contributed by atoms with Gasteiger partial charge in [-0.05, 0) is 6.92 Å². The minimum atomic E-state index is -3.00. The van der Waals surface area contributed by atoms with Crippen LogP contribution in [0.5, 0.6) is 0 Å². The average Bonchev–Trinajstić information content (AvgIpc) is 2.63. The molecule has 110 valence electrons. The zero-order valence-corrected chi connectivity index (χ0v) is 11.9.